The van der Waals surface area contributed by atoms with Crippen LogP contribution >= 0.6 is 0 Å². The van der Waals surface area contributed by atoms with Gasteiger partial charge in [-0.1, -0.05) is 175 Å². The van der Waals surface area contributed by atoms with E-state index >= 15 is 0 Å². The van der Waals surface area contributed by atoms with Crippen LogP contribution in [0.2, 0.25) is 0 Å². The number of hydrogen-bond acceptors (Lipinski definition) is 6. The fraction of sp³-hybridized carbons (Fsp3) is 0.867. The van der Waals surface area contributed by atoms with E-state index in [2.05, 4.69) is 13.8 Å². The normalized spacial score (nSPS) is 9.76. The smallest absolute Gasteiger partial charge is 0.140 e. The fourth-order valence-corrected chi connectivity index (χ4v) is 3.11. The molecule has 51 heavy (non-hydrogen) atoms. The molecule has 6 heteroatoms. The molecule has 0 saturated heterocycles. The minimum absolute atomic E-state index is 0. The van der Waals surface area contributed by atoms with Gasteiger partial charge < -0.3 is 0 Å². The Balaban J connectivity index is -0.0000000489. The molecule has 0 aliphatic carbocycles. The first-order chi connectivity index (χ1) is 20.9. The van der Waals surface area contributed by atoms with Crippen molar-refractivity contribution in [3.05, 3.63) is 0 Å². The summed E-state index contributed by atoms with van der Waals surface area (Å²) in [6.07, 6.45) is 3.14. The maximum Gasteiger partial charge on any atom is 0.140 e. The van der Waals surface area contributed by atoms with Crippen molar-refractivity contribution in [2.24, 2.45) is 52.8 Å². The molecule has 0 fully saturated rings. The molecule has 0 atom stereocenters. The molecule has 0 saturated carbocycles. The SMILES string of the molecule is C.C.C.C.CC(=O)C(C)C.CC(C)C(=O)C(C)(C)C.CC(C)C(=O)C(C)C.CC(C)CC(=O)C(C)C.CCC(=O)C(C)C.CCCC(=O)C(C)C. The molecule has 0 aliphatic heterocycles. The summed E-state index contributed by atoms with van der Waals surface area (Å²) >= 11 is 0. The lowest BCUT2D eigenvalue weighted by molar-refractivity contribution is -0.129. The zero-order valence-electron chi connectivity index (χ0n) is 35.4. The highest BCUT2D eigenvalue weighted by atomic mass is 16.1. The van der Waals surface area contributed by atoms with E-state index in [1.807, 2.05) is 132 Å². The lowest BCUT2D eigenvalue weighted by Crippen LogP contribution is -2.24. The summed E-state index contributed by atoms with van der Waals surface area (Å²) < 4.78 is 0. The van der Waals surface area contributed by atoms with E-state index in [9.17, 15) is 28.8 Å². The number of ketones is 6. The van der Waals surface area contributed by atoms with Crippen LogP contribution in [0.1, 0.15) is 208 Å². The molecule has 6 nitrogen and oxygen atoms in total. The Labute approximate surface area is 323 Å². The summed E-state index contributed by atoms with van der Waals surface area (Å²) in [5, 5.41) is 0. The van der Waals surface area contributed by atoms with Crippen molar-refractivity contribution in [1.82, 2.24) is 0 Å². The Bertz CT molecular complexity index is 825. The molecular weight excluding hydrogens is 636 g/mol. The summed E-state index contributed by atoms with van der Waals surface area (Å²) in [5.41, 5.74) is -0.159. The van der Waals surface area contributed by atoms with Crippen LogP contribution in [0.4, 0.5) is 0 Å². The molecule has 0 radical (unpaired) electrons. The summed E-state index contributed by atoms with van der Waals surface area (Å²) in [6.45, 7) is 42.5. The third-order valence-corrected chi connectivity index (χ3v) is 6.60. The van der Waals surface area contributed by atoms with E-state index in [4.69, 9.17) is 0 Å². The van der Waals surface area contributed by atoms with Crippen molar-refractivity contribution in [2.45, 2.75) is 208 Å². The standard InChI is InChI=1S/2C8H16O.2C7H14O.C6H12O.C5H10O.4CH4/c1-6(2)7(9)8(3,4)5;1-6(2)5-8(9)7(3)4;1-5(2)7(8)6(3)4;1-4-5-7(8)6(2)3;1-4-6(7)5(2)3;1-4(2)5(3)6;;;;/h6H,1-5H3;6-7H,5H2,1-4H3;5-6H,1-4H3;6H,4-5H2,1-3H3;5H,4H2,1-3H3;4H,1-3H3;4*1H4. The third kappa shape index (κ3) is 60.4. The molecule has 0 spiro atoms. The molecule has 0 heterocycles. The molecule has 0 amide bonds. The lowest BCUT2D eigenvalue weighted by atomic mass is 9.85. The zero-order valence-corrected chi connectivity index (χ0v) is 35.4. The predicted octanol–water partition coefficient (Wildman–Crippen LogP) is 13.8. The van der Waals surface area contributed by atoms with Crippen LogP contribution in [0.15, 0.2) is 0 Å². The van der Waals surface area contributed by atoms with Crippen molar-refractivity contribution >= 4 is 34.7 Å². The van der Waals surface area contributed by atoms with Crippen LogP contribution in [0.3, 0.4) is 0 Å². The molecule has 0 rings (SSSR count). The van der Waals surface area contributed by atoms with Crippen LogP contribution in [-0.2, 0) is 28.8 Å². The molecule has 0 aromatic carbocycles. The van der Waals surface area contributed by atoms with E-state index in [1.54, 1.807) is 6.92 Å². The Morgan fingerprint density at radius 1 is 0.451 bits per heavy atom. The van der Waals surface area contributed by atoms with E-state index in [-0.39, 0.29) is 82.3 Å². The Kier molecular flexibility index (Phi) is 61.8. The number of carbonyl (C=O) groups excluding carboxylic acids is 6. The summed E-state index contributed by atoms with van der Waals surface area (Å²) in [4.78, 5) is 64.4. The van der Waals surface area contributed by atoms with Crippen LogP contribution in [0.25, 0.3) is 0 Å². The minimum atomic E-state index is -0.159. The maximum atomic E-state index is 11.2. The van der Waals surface area contributed by atoms with Crippen molar-refractivity contribution in [1.29, 1.82) is 0 Å². The highest BCUT2D eigenvalue weighted by molar-refractivity contribution is 5.85. The van der Waals surface area contributed by atoms with Gasteiger partial charge in [0.1, 0.15) is 34.7 Å². The summed E-state index contributed by atoms with van der Waals surface area (Å²) in [6, 6.07) is 0. The van der Waals surface area contributed by atoms with Crippen LogP contribution in [0.5, 0.6) is 0 Å². The molecule has 0 bridgehead atoms. The summed E-state index contributed by atoms with van der Waals surface area (Å²) in [7, 11) is 0. The average Bonchev–Trinajstić information content (AvgIpc) is 2.92. The zero-order chi connectivity index (χ0) is 39.4. The van der Waals surface area contributed by atoms with Crippen LogP contribution in [0, 0.1) is 52.8 Å². The van der Waals surface area contributed by atoms with E-state index in [1.165, 1.54) is 0 Å². The van der Waals surface area contributed by atoms with Crippen LogP contribution < -0.4 is 0 Å². The van der Waals surface area contributed by atoms with Gasteiger partial charge in [-0.25, -0.2) is 0 Å². The first kappa shape index (κ1) is 74.2. The largest absolute Gasteiger partial charge is 0.300 e. The molecule has 0 aliphatic rings. The Hall–Kier alpha value is -1.98. The lowest BCUT2D eigenvalue weighted by Gasteiger charge is -2.18. The van der Waals surface area contributed by atoms with E-state index < -0.39 is 0 Å². The van der Waals surface area contributed by atoms with Gasteiger partial charge in [0.25, 0.3) is 0 Å². The van der Waals surface area contributed by atoms with Gasteiger partial charge in [0.05, 0.1) is 0 Å². The Morgan fingerprint density at radius 2 is 0.745 bits per heavy atom. The quantitative estimate of drug-likeness (QED) is 0.198. The topological polar surface area (TPSA) is 102 Å². The molecule has 0 N–H and O–H groups in total. The van der Waals surface area contributed by atoms with Crippen molar-refractivity contribution in [3.63, 3.8) is 0 Å². The molecule has 0 aromatic rings. The van der Waals surface area contributed by atoms with E-state index in [0.717, 1.165) is 19.3 Å². The average molecular weight is 735 g/mol. The van der Waals surface area contributed by atoms with Crippen LogP contribution in [-0.4, -0.2) is 34.7 Å². The molecule has 0 unspecified atom stereocenters. The van der Waals surface area contributed by atoms with Crippen molar-refractivity contribution in [3.8, 4) is 0 Å². The fourth-order valence-electron chi connectivity index (χ4n) is 3.11. The van der Waals surface area contributed by atoms with Gasteiger partial charge in [0, 0.05) is 66.1 Å². The van der Waals surface area contributed by atoms with Gasteiger partial charge in [-0.2, -0.15) is 0 Å². The van der Waals surface area contributed by atoms with Gasteiger partial charge in [-0.05, 0) is 19.3 Å². The first-order valence-electron chi connectivity index (χ1n) is 18.1. The Morgan fingerprint density at radius 3 is 0.784 bits per heavy atom. The van der Waals surface area contributed by atoms with Gasteiger partial charge in [0.15, 0.2) is 0 Å². The second kappa shape index (κ2) is 42.4. The van der Waals surface area contributed by atoms with Gasteiger partial charge in [-0.15, -0.1) is 0 Å². The number of rotatable bonds is 12. The number of carbonyl (C=O) groups is 6. The van der Waals surface area contributed by atoms with Crippen molar-refractivity contribution < 1.29 is 28.8 Å². The number of hydrogen-bond donors (Lipinski definition) is 0. The van der Waals surface area contributed by atoms with Gasteiger partial charge in [0.2, 0.25) is 0 Å². The second-order valence-electron chi connectivity index (χ2n) is 15.8. The summed E-state index contributed by atoms with van der Waals surface area (Å²) in [5.74, 6) is 4.03. The highest BCUT2D eigenvalue weighted by Crippen LogP contribution is 2.19. The monoisotopic (exact) mass is 735 g/mol. The van der Waals surface area contributed by atoms with Gasteiger partial charge in [-0.3, -0.25) is 28.8 Å². The molecule has 0 aromatic heterocycles. The molecular formula is C45H98O6. The first-order valence-corrected chi connectivity index (χ1v) is 18.1. The number of Topliss-reactive ketones (excluding diaryl/α,β-unsaturated/α-hetero) is 6. The van der Waals surface area contributed by atoms with Gasteiger partial charge >= 0.3 is 0 Å². The van der Waals surface area contributed by atoms with E-state index in [0.29, 0.717) is 41.3 Å². The maximum absolute atomic E-state index is 11.2. The second-order valence-corrected chi connectivity index (χ2v) is 15.8. The highest BCUT2D eigenvalue weighted by Gasteiger charge is 2.23. The third-order valence-electron chi connectivity index (χ3n) is 6.60. The van der Waals surface area contributed by atoms with Crippen molar-refractivity contribution in [2.75, 3.05) is 0 Å². The predicted molar refractivity (Wildman–Crippen MR) is 231 cm³/mol. The molecule has 314 valence electrons. The minimum Gasteiger partial charge on any atom is -0.300 e.